The van der Waals surface area contributed by atoms with Crippen molar-refractivity contribution in [2.45, 2.75) is 25.9 Å². The molecule has 4 rings (SSSR count). The SMILES string of the molecule is C[C@@H](NC(=O)C(=O)c1ccccc1)c1ccccc1.C[C@@H](NC(=O)C(=O)c1ccccc1)c1ccccc1. The van der Waals surface area contributed by atoms with E-state index in [2.05, 4.69) is 10.6 Å². The lowest BCUT2D eigenvalue weighted by Crippen LogP contribution is -2.33. The van der Waals surface area contributed by atoms with Gasteiger partial charge < -0.3 is 10.6 Å². The summed E-state index contributed by atoms with van der Waals surface area (Å²) in [5.41, 5.74) is 2.74. The molecule has 4 aromatic carbocycles. The van der Waals surface area contributed by atoms with E-state index in [1.807, 2.05) is 74.5 Å². The van der Waals surface area contributed by atoms with Crippen molar-refractivity contribution in [3.8, 4) is 0 Å². The molecule has 0 fully saturated rings. The normalized spacial score (nSPS) is 11.6. The number of hydrogen-bond donors (Lipinski definition) is 2. The van der Waals surface area contributed by atoms with Gasteiger partial charge in [0.15, 0.2) is 0 Å². The highest BCUT2D eigenvalue weighted by atomic mass is 16.2. The quantitative estimate of drug-likeness (QED) is 0.244. The zero-order chi connectivity index (χ0) is 27.3. The first kappa shape index (κ1) is 27.7. The van der Waals surface area contributed by atoms with Crippen LogP contribution in [0.1, 0.15) is 57.8 Å². The maximum atomic E-state index is 11.9. The molecule has 192 valence electrons. The van der Waals surface area contributed by atoms with Crippen molar-refractivity contribution in [2.24, 2.45) is 0 Å². The molecule has 0 saturated carbocycles. The van der Waals surface area contributed by atoms with Crippen LogP contribution in [0.15, 0.2) is 121 Å². The van der Waals surface area contributed by atoms with Gasteiger partial charge in [0.05, 0.1) is 12.1 Å². The molecule has 0 heterocycles. The Morgan fingerprint density at radius 2 is 0.711 bits per heavy atom. The number of ketones is 2. The predicted molar refractivity (Wildman–Crippen MR) is 148 cm³/mol. The molecule has 0 aromatic heterocycles. The highest BCUT2D eigenvalue weighted by Crippen LogP contribution is 2.12. The second kappa shape index (κ2) is 14.0. The van der Waals surface area contributed by atoms with Gasteiger partial charge in [0.1, 0.15) is 0 Å². The third-order valence-electron chi connectivity index (χ3n) is 5.78. The minimum atomic E-state index is -0.581. The fourth-order valence-corrected chi connectivity index (χ4v) is 3.62. The van der Waals surface area contributed by atoms with Gasteiger partial charge in [-0.1, -0.05) is 121 Å². The Labute approximate surface area is 222 Å². The lowest BCUT2D eigenvalue weighted by atomic mass is 10.1. The molecule has 0 spiro atoms. The number of nitrogens with one attached hydrogen (secondary N) is 2. The van der Waals surface area contributed by atoms with Crippen molar-refractivity contribution in [3.63, 3.8) is 0 Å². The largest absolute Gasteiger partial charge is 0.343 e. The molecule has 6 heteroatoms. The molecule has 2 N–H and O–H groups in total. The van der Waals surface area contributed by atoms with Crippen LogP contribution in [0.4, 0.5) is 0 Å². The molecule has 0 aliphatic heterocycles. The molecule has 0 bridgehead atoms. The van der Waals surface area contributed by atoms with E-state index in [9.17, 15) is 19.2 Å². The number of benzene rings is 4. The van der Waals surface area contributed by atoms with Crippen LogP contribution in [0.2, 0.25) is 0 Å². The zero-order valence-electron chi connectivity index (χ0n) is 21.3. The van der Waals surface area contributed by atoms with Gasteiger partial charge in [0, 0.05) is 11.1 Å². The standard InChI is InChI=1S/2C16H15NO2/c2*1-12(13-8-4-2-5-9-13)17-16(19)15(18)14-10-6-3-7-11-14/h2*2-12H,1H3,(H,17,19)/t2*12-/m11/s1. The Bertz CT molecular complexity index is 1230. The summed E-state index contributed by atoms with van der Waals surface area (Å²) in [6.07, 6.45) is 0. The van der Waals surface area contributed by atoms with E-state index in [1.165, 1.54) is 0 Å². The van der Waals surface area contributed by atoms with E-state index in [-0.39, 0.29) is 12.1 Å². The van der Waals surface area contributed by atoms with Crippen LogP contribution in [0, 0.1) is 0 Å². The molecule has 0 saturated heterocycles. The van der Waals surface area contributed by atoms with Crippen LogP contribution in [-0.2, 0) is 9.59 Å². The molecular formula is C32H30N2O4. The van der Waals surface area contributed by atoms with Crippen LogP contribution in [0.25, 0.3) is 0 Å². The number of hydrogen-bond acceptors (Lipinski definition) is 4. The summed E-state index contributed by atoms with van der Waals surface area (Å²) < 4.78 is 0. The van der Waals surface area contributed by atoms with E-state index in [0.29, 0.717) is 11.1 Å². The molecule has 0 aliphatic carbocycles. The van der Waals surface area contributed by atoms with Crippen molar-refractivity contribution in [1.82, 2.24) is 10.6 Å². The summed E-state index contributed by atoms with van der Waals surface area (Å²) in [7, 11) is 0. The van der Waals surface area contributed by atoms with E-state index in [0.717, 1.165) is 11.1 Å². The summed E-state index contributed by atoms with van der Waals surface area (Å²) in [5.74, 6) is -2.18. The number of Topliss-reactive ketones (excluding diaryl/α,β-unsaturated/α-hetero) is 2. The van der Waals surface area contributed by atoms with Gasteiger partial charge in [-0.2, -0.15) is 0 Å². The third-order valence-corrected chi connectivity index (χ3v) is 5.78. The molecular weight excluding hydrogens is 476 g/mol. The zero-order valence-corrected chi connectivity index (χ0v) is 21.3. The summed E-state index contributed by atoms with van der Waals surface area (Å²) in [4.78, 5) is 47.5. The van der Waals surface area contributed by atoms with Crippen molar-refractivity contribution >= 4 is 23.4 Å². The summed E-state index contributed by atoms with van der Waals surface area (Å²) in [5, 5.41) is 5.41. The van der Waals surface area contributed by atoms with Gasteiger partial charge >= 0.3 is 0 Å². The highest BCUT2D eigenvalue weighted by Gasteiger charge is 2.19. The van der Waals surface area contributed by atoms with E-state index >= 15 is 0 Å². The van der Waals surface area contributed by atoms with Gasteiger partial charge in [-0.3, -0.25) is 19.2 Å². The average Bonchev–Trinajstić information content (AvgIpc) is 2.98. The molecule has 4 aromatic rings. The lowest BCUT2D eigenvalue weighted by Gasteiger charge is -2.13. The minimum Gasteiger partial charge on any atom is -0.343 e. The Kier molecular flexibility index (Phi) is 10.3. The summed E-state index contributed by atoms with van der Waals surface area (Å²) >= 11 is 0. The van der Waals surface area contributed by atoms with E-state index in [1.54, 1.807) is 60.7 Å². The van der Waals surface area contributed by atoms with E-state index in [4.69, 9.17) is 0 Å². The van der Waals surface area contributed by atoms with Crippen molar-refractivity contribution < 1.29 is 19.2 Å². The molecule has 6 nitrogen and oxygen atoms in total. The third kappa shape index (κ3) is 8.10. The van der Waals surface area contributed by atoms with Gasteiger partial charge in [-0.15, -0.1) is 0 Å². The number of carbonyl (C=O) groups excluding carboxylic acids is 4. The Balaban J connectivity index is 0.000000211. The van der Waals surface area contributed by atoms with Crippen molar-refractivity contribution in [3.05, 3.63) is 144 Å². The molecule has 0 aliphatic rings. The molecule has 2 amide bonds. The smallest absolute Gasteiger partial charge is 0.292 e. The first-order chi connectivity index (χ1) is 18.4. The van der Waals surface area contributed by atoms with Crippen LogP contribution in [0.5, 0.6) is 0 Å². The summed E-state index contributed by atoms with van der Waals surface area (Å²) in [6, 6.07) is 35.8. The topological polar surface area (TPSA) is 92.3 Å². The van der Waals surface area contributed by atoms with Gasteiger partial charge in [-0.05, 0) is 25.0 Å². The van der Waals surface area contributed by atoms with Gasteiger partial charge in [0.2, 0.25) is 11.6 Å². The predicted octanol–water partition coefficient (Wildman–Crippen LogP) is 5.49. The van der Waals surface area contributed by atoms with Gasteiger partial charge in [0.25, 0.3) is 11.8 Å². The number of amides is 2. The van der Waals surface area contributed by atoms with Crippen LogP contribution >= 0.6 is 0 Å². The van der Waals surface area contributed by atoms with Crippen LogP contribution in [-0.4, -0.2) is 23.4 Å². The van der Waals surface area contributed by atoms with E-state index < -0.39 is 23.4 Å². The lowest BCUT2D eigenvalue weighted by molar-refractivity contribution is -0.118. The van der Waals surface area contributed by atoms with Gasteiger partial charge in [-0.25, -0.2) is 0 Å². The first-order valence-corrected chi connectivity index (χ1v) is 12.3. The van der Waals surface area contributed by atoms with Crippen molar-refractivity contribution in [1.29, 1.82) is 0 Å². The molecule has 0 unspecified atom stereocenters. The molecule has 38 heavy (non-hydrogen) atoms. The Morgan fingerprint density at radius 1 is 0.447 bits per heavy atom. The molecule has 2 atom stereocenters. The summed E-state index contributed by atoms with van der Waals surface area (Å²) in [6.45, 7) is 3.71. The maximum absolute atomic E-state index is 11.9. The van der Waals surface area contributed by atoms with Crippen LogP contribution < -0.4 is 10.6 Å². The minimum absolute atomic E-state index is 0.193. The van der Waals surface area contributed by atoms with Crippen molar-refractivity contribution in [2.75, 3.05) is 0 Å². The number of rotatable bonds is 8. The Hall–Kier alpha value is -4.84. The highest BCUT2D eigenvalue weighted by molar-refractivity contribution is 6.43. The monoisotopic (exact) mass is 506 g/mol. The van der Waals surface area contributed by atoms with Crippen LogP contribution in [0.3, 0.4) is 0 Å². The fourth-order valence-electron chi connectivity index (χ4n) is 3.62. The average molecular weight is 507 g/mol. The Morgan fingerprint density at radius 3 is 1.00 bits per heavy atom. The first-order valence-electron chi connectivity index (χ1n) is 12.3. The fraction of sp³-hybridized carbons (Fsp3) is 0.125. The molecule has 0 radical (unpaired) electrons. The maximum Gasteiger partial charge on any atom is 0.292 e. The second-order valence-electron chi connectivity index (χ2n) is 8.60. The number of carbonyl (C=O) groups is 4. The second-order valence-corrected chi connectivity index (χ2v) is 8.60.